The number of hydrogen-bond donors (Lipinski definition) is 1. The number of aromatic nitrogens is 2. The summed E-state index contributed by atoms with van der Waals surface area (Å²) in [5, 5.41) is 22.3. The second-order valence-corrected chi connectivity index (χ2v) is 3.68. The molecule has 0 bridgehead atoms. The lowest BCUT2D eigenvalue weighted by Gasteiger charge is -2.06. The van der Waals surface area contributed by atoms with E-state index in [0.29, 0.717) is 10.8 Å². The molecule has 1 heterocycles. The van der Waals surface area contributed by atoms with Crippen molar-refractivity contribution in [1.29, 1.82) is 5.26 Å². The van der Waals surface area contributed by atoms with Crippen LogP contribution in [-0.2, 0) is 17.8 Å². The molecular formula is C12H9N3O3. The van der Waals surface area contributed by atoms with Crippen molar-refractivity contribution < 1.29 is 9.90 Å². The lowest BCUT2D eigenvalue weighted by atomic mass is 10.1. The minimum absolute atomic E-state index is 0.198. The molecule has 2 aromatic rings. The normalized spacial score (nSPS) is 10.2. The fraction of sp³-hybridized carbons (Fsp3) is 0.167. The molecule has 2 rings (SSSR count). The first-order valence-corrected chi connectivity index (χ1v) is 5.21. The van der Waals surface area contributed by atoms with Gasteiger partial charge < -0.3 is 5.11 Å². The van der Waals surface area contributed by atoms with Crippen molar-refractivity contribution in [3.8, 4) is 6.07 Å². The summed E-state index contributed by atoms with van der Waals surface area (Å²) < 4.78 is 0.987. The number of aliphatic carboxylic acids is 1. The second-order valence-electron chi connectivity index (χ2n) is 3.68. The highest BCUT2D eigenvalue weighted by Crippen LogP contribution is 2.13. The van der Waals surface area contributed by atoms with E-state index < -0.39 is 5.97 Å². The highest BCUT2D eigenvalue weighted by atomic mass is 16.4. The second kappa shape index (κ2) is 4.67. The predicted octanol–water partition coefficient (Wildman–Crippen LogP) is 0.547. The molecule has 1 N–H and O–H groups in total. The minimum atomic E-state index is -1.03. The molecule has 0 aliphatic rings. The fourth-order valence-corrected chi connectivity index (χ4v) is 1.75. The largest absolute Gasteiger partial charge is 0.481 e. The van der Waals surface area contributed by atoms with Gasteiger partial charge in [-0.3, -0.25) is 9.59 Å². The third-order valence-corrected chi connectivity index (χ3v) is 2.48. The van der Waals surface area contributed by atoms with E-state index in [0.717, 1.165) is 4.68 Å². The Labute approximate surface area is 102 Å². The first-order chi connectivity index (χ1) is 8.63. The number of carbonyl (C=O) groups is 1. The van der Waals surface area contributed by atoms with E-state index in [1.54, 1.807) is 24.3 Å². The van der Waals surface area contributed by atoms with Crippen molar-refractivity contribution in [2.24, 2.45) is 0 Å². The number of carboxylic acids is 1. The number of carboxylic acid groups (broad SMARTS) is 1. The lowest BCUT2D eigenvalue weighted by molar-refractivity contribution is -0.136. The van der Waals surface area contributed by atoms with Crippen LogP contribution in [0.4, 0.5) is 0 Å². The lowest BCUT2D eigenvalue weighted by Crippen LogP contribution is -2.25. The van der Waals surface area contributed by atoms with E-state index in [9.17, 15) is 9.59 Å². The molecule has 1 aromatic heterocycles. The highest BCUT2D eigenvalue weighted by molar-refractivity contribution is 5.86. The van der Waals surface area contributed by atoms with Gasteiger partial charge in [0.2, 0.25) is 0 Å². The van der Waals surface area contributed by atoms with Crippen LogP contribution in [0, 0.1) is 11.3 Å². The molecule has 0 atom stereocenters. The molecule has 0 aliphatic heterocycles. The van der Waals surface area contributed by atoms with Crippen molar-refractivity contribution in [3.05, 3.63) is 40.3 Å². The van der Waals surface area contributed by atoms with E-state index in [4.69, 9.17) is 10.4 Å². The number of nitrogens with zero attached hydrogens (tertiary/aromatic N) is 3. The predicted molar refractivity (Wildman–Crippen MR) is 63.0 cm³/mol. The van der Waals surface area contributed by atoms with Gasteiger partial charge in [-0.05, 0) is 6.07 Å². The van der Waals surface area contributed by atoms with Gasteiger partial charge in [-0.15, -0.1) is 0 Å². The molecule has 1 aromatic carbocycles. The van der Waals surface area contributed by atoms with Gasteiger partial charge in [0.05, 0.1) is 23.6 Å². The molecule has 0 radical (unpaired) electrons. The quantitative estimate of drug-likeness (QED) is 0.849. The summed E-state index contributed by atoms with van der Waals surface area (Å²) in [4.78, 5) is 22.7. The molecule has 0 spiro atoms. The molecule has 90 valence electrons. The molecular weight excluding hydrogens is 234 g/mol. The Hall–Kier alpha value is -2.68. The molecule has 0 amide bonds. The number of nitriles is 1. The number of benzene rings is 1. The van der Waals surface area contributed by atoms with Crippen LogP contribution in [0.1, 0.15) is 5.69 Å². The number of rotatable bonds is 3. The van der Waals surface area contributed by atoms with Gasteiger partial charge in [0.25, 0.3) is 5.56 Å². The van der Waals surface area contributed by atoms with Gasteiger partial charge in [0.15, 0.2) is 0 Å². The molecule has 6 heteroatoms. The SMILES string of the molecule is N#CCn1nc(CC(=O)O)c2ccccc2c1=O. The molecule has 0 saturated carbocycles. The minimum Gasteiger partial charge on any atom is -0.481 e. The van der Waals surface area contributed by atoms with E-state index in [1.165, 1.54) is 0 Å². The topological polar surface area (TPSA) is 96.0 Å². The van der Waals surface area contributed by atoms with Crippen LogP contribution >= 0.6 is 0 Å². The highest BCUT2D eigenvalue weighted by Gasteiger charge is 2.12. The van der Waals surface area contributed by atoms with Gasteiger partial charge in [0.1, 0.15) is 6.54 Å². The van der Waals surface area contributed by atoms with Gasteiger partial charge in [-0.2, -0.15) is 10.4 Å². The molecule has 0 unspecified atom stereocenters. The van der Waals surface area contributed by atoms with Crippen LogP contribution in [0.2, 0.25) is 0 Å². The Morgan fingerprint density at radius 3 is 2.67 bits per heavy atom. The van der Waals surface area contributed by atoms with E-state index in [1.807, 2.05) is 6.07 Å². The van der Waals surface area contributed by atoms with Crippen LogP contribution in [0.5, 0.6) is 0 Å². The van der Waals surface area contributed by atoms with Crippen molar-refractivity contribution in [2.75, 3.05) is 0 Å². The Balaban J connectivity index is 2.76. The third-order valence-electron chi connectivity index (χ3n) is 2.48. The Bertz CT molecular complexity index is 713. The Morgan fingerprint density at radius 1 is 1.39 bits per heavy atom. The van der Waals surface area contributed by atoms with Gasteiger partial charge in [-0.25, -0.2) is 4.68 Å². The first-order valence-electron chi connectivity index (χ1n) is 5.21. The van der Waals surface area contributed by atoms with Gasteiger partial charge >= 0.3 is 5.97 Å². The summed E-state index contributed by atoms with van der Waals surface area (Å²) >= 11 is 0. The van der Waals surface area contributed by atoms with Crippen LogP contribution in [0.25, 0.3) is 10.8 Å². The Morgan fingerprint density at radius 2 is 2.06 bits per heavy atom. The van der Waals surface area contributed by atoms with Crippen molar-refractivity contribution in [2.45, 2.75) is 13.0 Å². The van der Waals surface area contributed by atoms with Crippen molar-refractivity contribution in [3.63, 3.8) is 0 Å². The standard InChI is InChI=1S/C12H9N3O3/c13-5-6-15-12(18)9-4-2-1-3-8(9)10(14-15)7-11(16)17/h1-4H,6-7H2,(H,16,17). The molecule has 6 nitrogen and oxygen atoms in total. The Kier molecular flexibility index (Phi) is 3.06. The van der Waals surface area contributed by atoms with Crippen LogP contribution in [0.3, 0.4) is 0 Å². The monoisotopic (exact) mass is 243 g/mol. The van der Waals surface area contributed by atoms with Gasteiger partial charge in [-0.1, -0.05) is 18.2 Å². The summed E-state index contributed by atoms with van der Waals surface area (Å²) in [5.74, 6) is -1.03. The zero-order chi connectivity index (χ0) is 13.1. The maximum atomic E-state index is 12.0. The summed E-state index contributed by atoms with van der Waals surface area (Å²) in [6.07, 6.45) is -0.285. The maximum Gasteiger partial charge on any atom is 0.309 e. The zero-order valence-electron chi connectivity index (χ0n) is 9.33. The first kappa shape index (κ1) is 11.8. The van der Waals surface area contributed by atoms with Crippen LogP contribution in [-0.4, -0.2) is 20.9 Å². The van der Waals surface area contributed by atoms with Gasteiger partial charge in [0, 0.05) is 5.39 Å². The smallest absolute Gasteiger partial charge is 0.309 e. The summed E-state index contributed by atoms with van der Waals surface area (Å²) in [5.41, 5.74) is -0.103. The average Bonchev–Trinajstić information content (AvgIpc) is 2.35. The summed E-state index contributed by atoms with van der Waals surface area (Å²) in [6, 6.07) is 8.47. The molecule has 0 fully saturated rings. The zero-order valence-corrected chi connectivity index (χ0v) is 9.33. The average molecular weight is 243 g/mol. The van der Waals surface area contributed by atoms with E-state index in [-0.39, 0.29) is 24.2 Å². The van der Waals surface area contributed by atoms with Crippen LogP contribution in [0.15, 0.2) is 29.1 Å². The van der Waals surface area contributed by atoms with Crippen molar-refractivity contribution in [1.82, 2.24) is 9.78 Å². The van der Waals surface area contributed by atoms with E-state index in [2.05, 4.69) is 5.10 Å². The fourth-order valence-electron chi connectivity index (χ4n) is 1.75. The molecule has 18 heavy (non-hydrogen) atoms. The molecule has 0 aliphatic carbocycles. The number of hydrogen-bond acceptors (Lipinski definition) is 4. The van der Waals surface area contributed by atoms with Crippen LogP contribution < -0.4 is 5.56 Å². The van der Waals surface area contributed by atoms with Crippen molar-refractivity contribution >= 4 is 16.7 Å². The van der Waals surface area contributed by atoms with E-state index >= 15 is 0 Å². The number of fused-ring (bicyclic) bond motifs is 1. The summed E-state index contributed by atoms with van der Waals surface area (Å²) in [6.45, 7) is -0.198. The third kappa shape index (κ3) is 2.06. The summed E-state index contributed by atoms with van der Waals surface area (Å²) in [7, 11) is 0. The molecule has 0 saturated heterocycles. The maximum absolute atomic E-state index is 12.0.